The Hall–Kier alpha value is -1.99. The van der Waals surface area contributed by atoms with Crippen LogP contribution in [0, 0.1) is 11.3 Å². The van der Waals surface area contributed by atoms with Gasteiger partial charge < -0.3 is 5.73 Å². The van der Waals surface area contributed by atoms with Crippen molar-refractivity contribution in [1.82, 2.24) is 9.78 Å². The number of hydrogen-bond acceptors (Lipinski definition) is 3. The highest BCUT2D eigenvalue weighted by Crippen LogP contribution is 2.22. The third-order valence-corrected chi connectivity index (χ3v) is 2.27. The molecule has 0 spiro atoms. The third kappa shape index (κ3) is 1.65. The molecule has 2 aromatic rings. The number of hydrogen-bond donors (Lipinski definition) is 1. The molecule has 15 heavy (non-hydrogen) atoms. The predicted octanol–water partition coefficient (Wildman–Crippen LogP) is 1.98. The minimum Gasteiger partial charge on any atom is -0.382 e. The Morgan fingerprint density at radius 1 is 1.40 bits per heavy atom. The van der Waals surface area contributed by atoms with Crippen molar-refractivity contribution in [3.8, 4) is 11.8 Å². The minimum atomic E-state index is 0.391. The average Bonchev–Trinajstić information content (AvgIpc) is 2.64. The predicted molar refractivity (Wildman–Crippen MR) is 57.7 cm³/mol. The summed E-state index contributed by atoms with van der Waals surface area (Å²) >= 11 is 5.89. The number of nitrogens with zero attached hydrogens (tertiary/aromatic N) is 3. The molecule has 2 rings (SSSR count). The molecule has 74 valence electrons. The molecule has 0 bridgehead atoms. The molecule has 0 aliphatic heterocycles. The van der Waals surface area contributed by atoms with Crippen LogP contribution in [0.2, 0.25) is 5.02 Å². The van der Waals surface area contributed by atoms with Crippen LogP contribution in [0.1, 0.15) is 5.56 Å². The van der Waals surface area contributed by atoms with Crippen LogP contribution in [-0.2, 0) is 0 Å². The van der Waals surface area contributed by atoms with E-state index >= 15 is 0 Å². The van der Waals surface area contributed by atoms with Crippen LogP contribution in [0.3, 0.4) is 0 Å². The van der Waals surface area contributed by atoms with Gasteiger partial charge in [0.2, 0.25) is 0 Å². The Labute approximate surface area is 91.5 Å². The molecule has 0 aliphatic rings. The molecular weight excluding hydrogens is 212 g/mol. The zero-order chi connectivity index (χ0) is 10.8. The first-order chi connectivity index (χ1) is 7.22. The molecule has 0 aliphatic carbocycles. The van der Waals surface area contributed by atoms with Gasteiger partial charge in [-0.2, -0.15) is 10.4 Å². The fourth-order valence-electron chi connectivity index (χ4n) is 1.29. The van der Waals surface area contributed by atoms with Crippen LogP contribution in [0.4, 0.5) is 5.82 Å². The van der Waals surface area contributed by atoms with Crippen LogP contribution < -0.4 is 5.73 Å². The molecule has 1 heterocycles. The molecule has 1 aromatic heterocycles. The topological polar surface area (TPSA) is 67.6 Å². The van der Waals surface area contributed by atoms with E-state index in [0.717, 1.165) is 0 Å². The second kappa shape index (κ2) is 3.64. The first-order valence-corrected chi connectivity index (χ1v) is 4.60. The Bertz CT molecular complexity index is 539. The average molecular weight is 219 g/mol. The zero-order valence-corrected chi connectivity index (χ0v) is 8.44. The number of nitriles is 1. The summed E-state index contributed by atoms with van der Waals surface area (Å²) in [6, 6.07) is 8.88. The molecule has 1 aromatic carbocycles. The van der Waals surface area contributed by atoms with Crippen molar-refractivity contribution < 1.29 is 0 Å². The highest BCUT2D eigenvalue weighted by molar-refractivity contribution is 6.32. The summed E-state index contributed by atoms with van der Waals surface area (Å²) in [5.41, 5.74) is 6.52. The molecule has 0 amide bonds. The van der Waals surface area contributed by atoms with E-state index in [0.29, 0.717) is 22.1 Å². The maximum Gasteiger partial charge on any atom is 0.145 e. The highest BCUT2D eigenvalue weighted by Gasteiger charge is 2.08. The van der Waals surface area contributed by atoms with Crippen LogP contribution in [0.5, 0.6) is 0 Å². The Kier molecular flexibility index (Phi) is 2.32. The second-order valence-corrected chi connectivity index (χ2v) is 3.34. The van der Waals surface area contributed by atoms with Crippen LogP contribution >= 0.6 is 11.6 Å². The lowest BCUT2D eigenvalue weighted by Gasteiger charge is -2.04. The van der Waals surface area contributed by atoms with Crippen molar-refractivity contribution in [1.29, 1.82) is 5.26 Å². The number of nitrogens with two attached hydrogens (primary N) is 1. The lowest BCUT2D eigenvalue weighted by Crippen LogP contribution is -1.99. The highest BCUT2D eigenvalue weighted by atomic mass is 35.5. The first kappa shape index (κ1) is 9.56. The van der Waals surface area contributed by atoms with Gasteiger partial charge in [0.05, 0.1) is 16.3 Å². The van der Waals surface area contributed by atoms with E-state index in [2.05, 4.69) is 5.10 Å². The molecule has 0 saturated heterocycles. The molecule has 0 saturated carbocycles. The monoisotopic (exact) mass is 218 g/mol. The van der Waals surface area contributed by atoms with Crippen molar-refractivity contribution in [2.24, 2.45) is 0 Å². The van der Waals surface area contributed by atoms with Crippen LogP contribution in [0.25, 0.3) is 5.69 Å². The summed E-state index contributed by atoms with van der Waals surface area (Å²) < 4.78 is 1.53. The number of benzene rings is 1. The van der Waals surface area contributed by atoms with Gasteiger partial charge in [-0.3, -0.25) is 0 Å². The summed E-state index contributed by atoms with van der Waals surface area (Å²) in [5, 5.41) is 13.4. The molecule has 0 radical (unpaired) electrons. The van der Waals surface area contributed by atoms with E-state index in [4.69, 9.17) is 22.6 Å². The quantitative estimate of drug-likeness (QED) is 0.796. The number of anilines is 1. The maximum absolute atomic E-state index is 8.96. The molecule has 0 unspecified atom stereocenters. The molecular formula is C10H7ClN4. The van der Waals surface area contributed by atoms with Gasteiger partial charge in [0.1, 0.15) is 11.9 Å². The van der Waals surface area contributed by atoms with Crippen LogP contribution in [0.15, 0.2) is 30.5 Å². The minimum absolute atomic E-state index is 0.391. The molecule has 0 fully saturated rings. The van der Waals surface area contributed by atoms with Gasteiger partial charge in [0.15, 0.2) is 0 Å². The van der Waals surface area contributed by atoms with Gasteiger partial charge in [-0.1, -0.05) is 17.7 Å². The fourth-order valence-corrected chi connectivity index (χ4v) is 1.50. The summed E-state index contributed by atoms with van der Waals surface area (Å²) in [4.78, 5) is 0. The van der Waals surface area contributed by atoms with E-state index in [9.17, 15) is 0 Å². The molecule has 4 nitrogen and oxygen atoms in total. The van der Waals surface area contributed by atoms with Gasteiger partial charge >= 0.3 is 0 Å². The summed E-state index contributed by atoms with van der Waals surface area (Å²) in [7, 11) is 0. The SMILES string of the molecule is N#Cc1c(Cl)cccc1-n1ccc(N)n1. The first-order valence-electron chi connectivity index (χ1n) is 4.22. The van der Waals surface area contributed by atoms with Crippen molar-refractivity contribution in [2.75, 3.05) is 5.73 Å². The summed E-state index contributed by atoms with van der Waals surface area (Å²) in [6.45, 7) is 0. The van der Waals surface area contributed by atoms with Crippen molar-refractivity contribution >= 4 is 17.4 Å². The third-order valence-electron chi connectivity index (χ3n) is 1.96. The van der Waals surface area contributed by atoms with E-state index in [-0.39, 0.29) is 0 Å². The van der Waals surface area contributed by atoms with Gasteiger partial charge in [0, 0.05) is 12.3 Å². The van der Waals surface area contributed by atoms with Gasteiger partial charge in [-0.25, -0.2) is 4.68 Å². The number of aromatic nitrogens is 2. The van der Waals surface area contributed by atoms with Gasteiger partial charge in [-0.05, 0) is 12.1 Å². The number of nitrogen functional groups attached to an aromatic ring is 1. The molecule has 2 N–H and O–H groups in total. The molecule has 5 heteroatoms. The van der Waals surface area contributed by atoms with E-state index < -0.39 is 0 Å². The Balaban J connectivity index is 2.63. The number of rotatable bonds is 1. The zero-order valence-electron chi connectivity index (χ0n) is 7.68. The van der Waals surface area contributed by atoms with Gasteiger partial charge in [-0.15, -0.1) is 0 Å². The second-order valence-electron chi connectivity index (χ2n) is 2.93. The Morgan fingerprint density at radius 2 is 2.20 bits per heavy atom. The smallest absolute Gasteiger partial charge is 0.145 e. The summed E-state index contributed by atoms with van der Waals surface area (Å²) in [5.74, 6) is 0.402. The van der Waals surface area contributed by atoms with Crippen molar-refractivity contribution in [3.63, 3.8) is 0 Å². The number of halogens is 1. The summed E-state index contributed by atoms with van der Waals surface area (Å²) in [6.07, 6.45) is 1.68. The van der Waals surface area contributed by atoms with Gasteiger partial charge in [0.25, 0.3) is 0 Å². The van der Waals surface area contributed by atoms with Crippen molar-refractivity contribution in [2.45, 2.75) is 0 Å². The standard InChI is InChI=1S/C10H7ClN4/c11-8-2-1-3-9(7(8)6-12)15-5-4-10(13)14-15/h1-5H,(H2,13,14). The molecule has 0 atom stereocenters. The van der Waals surface area contributed by atoms with Crippen molar-refractivity contribution in [3.05, 3.63) is 41.0 Å². The lowest BCUT2D eigenvalue weighted by molar-refractivity contribution is 0.883. The Morgan fingerprint density at radius 3 is 2.80 bits per heavy atom. The fraction of sp³-hybridized carbons (Fsp3) is 0. The van der Waals surface area contributed by atoms with E-state index in [1.807, 2.05) is 6.07 Å². The lowest BCUT2D eigenvalue weighted by atomic mass is 10.2. The van der Waals surface area contributed by atoms with Crippen LogP contribution in [-0.4, -0.2) is 9.78 Å². The largest absolute Gasteiger partial charge is 0.382 e. The van der Waals surface area contributed by atoms with E-state index in [1.54, 1.807) is 30.5 Å². The normalized spacial score (nSPS) is 9.87. The van der Waals surface area contributed by atoms with E-state index in [1.165, 1.54) is 4.68 Å². The maximum atomic E-state index is 8.96.